The zero-order chi connectivity index (χ0) is 21.4. The molecule has 0 spiro atoms. The van der Waals surface area contributed by atoms with Gasteiger partial charge in [0, 0.05) is 42.0 Å². The maximum Gasteiger partial charge on any atom is 0.130 e. The highest BCUT2D eigenvalue weighted by atomic mass is 32.2. The summed E-state index contributed by atoms with van der Waals surface area (Å²) in [6, 6.07) is 13.3. The van der Waals surface area contributed by atoms with Gasteiger partial charge in [-0.25, -0.2) is 14.0 Å². The molecule has 3 aromatic heterocycles. The van der Waals surface area contributed by atoms with Crippen LogP contribution < -0.4 is 4.90 Å². The van der Waals surface area contributed by atoms with Crippen LogP contribution in [0, 0.1) is 4.78 Å². The molecule has 0 radical (unpaired) electrons. The minimum absolute atomic E-state index is 0.505. The lowest BCUT2D eigenvalue weighted by Crippen LogP contribution is -2.36. The monoisotopic (exact) mass is 434 g/mol. The number of morpholine rings is 1. The average Bonchev–Trinajstić information content (AvgIpc) is 3.33. The first-order chi connectivity index (χ1) is 15.0. The van der Waals surface area contributed by atoms with Crippen LogP contribution in [0.25, 0.3) is 33.4 Å². The molecule has 8 nitrogen and oxygen atoms in total. The third-order valence-corrected chi connectivity index (χ3v) is 6.55. The van der Waals surface area contributed by atoms with E-state index < -0.39 is 9.73 Å². The van der Waals surface area contributed by atoms with Crippen LogP contribution >= 0.6 is 0 Å². The van der Waals surface area contributed by atoms with Crippen molar-refractivity contribution in [2.75, 3.05) is 37.5 Å². The lowest BCUT2D eigenvalue weighted by atomic mass is 10.00. The third kappa shape index (κ3) is 3.77. The quantitative estimate of drug-likeness (QED) is 0.508. The summed E-state index contributed by atoms with van der Waals surface area (Å²) in [4.78, 5) is 12.3. The maximum atomic E-state index is 12.4. The van der Waals surface area contributed by atoms with Gasteiger partial charge >= 0.3 is 0 Å². The summed E-state index contributed by atoms with van der Waals surface area (Å²) in [5.41, 5.74) is 4.13. The second kappa shape index (κ2) is 7.75. The van der Waals surface area contributed by atoms with Gasteiger partial charge < -0.3 is 9.64 Å². The Labute approximate surface area is 180 Å². The lowest BCUT2D eigenvalue weighted by Gasteiger charge is -2.28. The second-order valence-electron chi connectivity index (χ2n) is 7.52. The Hall–Kier alpha value is -3.30. The molecule has 0 aliphatic carbocycles. The highest BCUT2D eigenvalue weighted by Gasteiger charge is 2.19. The number of hydrogen-bond acceptors (Lipinski definition) is 7. The Morgan fingerprint density at radius 1 is 1.13 bits per heavy atom. The van der Waals surface area contributed by atoms with Crippen molar-refractivity contribution < 1.29 is 8.95 Å². The molecule has 1 aliphatic heterocycles. The number of anilines is 1. The lowest BCUT2D eigenvalue weighted by molar-refractivity contribution is 0.122. The molecule has 1 aromatic carbocycles. The number of hydrogen-bond donors (Lipinski definition) is 2. The molecule has 1 aliphatic rings. The number of aromatic nitrogens is 4. The van der Waals surface area contributed by atoms with Crippen molar-refractivity contribution in [2.24, 2.45) is 0 Å². The molecule has 0 bridgehead atoms. The van der Waals surface area contributed by atoms with Gasteiger partial charge in [-0.15, -0.1) is 0 Å². The van der Waals surface area contributed by atoms with E-state index in [2.05, 4.69) is 26.1 Å². The minimum Gasteiger partial charge on any atom is -0.378 e. The van der Waals surface area contributed by atoms with Gasteiger partial charge in [0.05, 0.1) is 28.6 Å². The Morgan fingerprint density at radius 2 is 1.97 bits per heavy atom. The molecular weight excluding hydrogens is 412 g/mol. The standard InChI is InChI=1S/C22H22N6O2S/c1-31(23,29)16-4-2-3-15(13-16)18-14-20(28-9-11-30-12-10-28)26-21-17(18)5-7-24-22(21)19-6-8-25-27-19/h2-8,13-14,23H,9-12H2,1H3,(H,25,27). The number of nitrogens with zero attached hydrogens (tertiary/aromatic N) is 4. The highest BCUT2D eigenvalue weighted by molar-refractivity contribution is 7.91. The van der Waals surface area contributed by atoms with Crippen LogP contribution in [0.15, 0.2) is 59.8 Å². The van der Waals surface area contributed by atoms with E-state index in [1.807, 2.05) is 30.3 Å². The van der Waals surface area contributed by atoms with Crippen LogP contribution in [0.5, 0.6) is 0 Å². The summed E-state index contributed by atoms with van der Waals surface area (Å²) in [5.74, 6) is 0.841. The minimum atomic E-state index is -2.83. The van der Waals surface area contributed by atoms with Crippen LogP contribution in [0.4, 0.5) is 5.82 Å². The smallest absolute Gasteiger partial charge is 0.130 e. The van der Waals surface area contributed by atoms with Gasteiger partial charge in [-0.3, -0.25) is 10.1 Å². The predicted molar refractivity (Wildman–Crippen MR) is 121 cm³/mol. The van der Waals surface area contributed by atoms with Crippen LogP contribution in [-0.2, 0) is 14.5 Å². The van der Waals surface area contributed by atoms with E-state index in [4.69, 9.17) is 14.5 Å². The SMILES string of the molecule is CS(=N)(=O)c1cccc(-c2cc(N3CCOCC3)nc3c(-c4ccn[nH]4)nccc23)c1. The van der Waals surface area contributed by atoms with Crippen molar-refractivity contribution in [2.45, 2.75) is 4.90 Å². The Kier molecular flexibility index (Phi) is 4.91. The first-order valence-corrected chi connectivity index (χ1v) is 11.9. The van der Waals surface area contributed by atoms with Crippen molar-refractivity contribution >= 4 is 26.4 Å². The Morgan fingerprint density at radius 3 is 2.71 bits per heavy atom. The molecule has 158 valence electrons. The van der Waals surface area contributed by atoms with Gasteiger partial charge in [0.15, 0.2) is 0 Å². The van der Waals surface area contributed by atoms with Crippen molar-refractivity contribution in [3.05, 3.63) is 54.9 Å². The molecule has 1 fully saturated rings. The van der Waals surface area contributed by atoms with Crippen molar-refractivity contribution in [3.8, 4) is 22.5 Å². The fraction of sp³-hybridized carbons (Fsp3) is 0.227. The summed E-state index contributed by atoms with van der Waals surface area (Å²) < 4.78 is 25.9. The zero-order valence-electron chi connectivity index (χ0n) is 17.0. The molecule has 0 saturated carbocycles. The van der Waals surface area contributed by atoms with Crippen molar-refractivity contribution in [1.82, 2.24) is 20.2 Å². The van der Waals surface area contributed by atoms with E-state index in [1.54, 1.807) is 18.5 Å². The molecule has 5 rings (SSSR count). The molecule has 1 atom stereocenters. The molecule has 31 heavy (non-hydrogen) atoms. The van der Waals surface area contributed by atoms with Crippen molar-refractivity contribution in [1.29, 1.82) is 4.78 Å². The number of nitrogens with one attached hydrogen (secondary N) is 2. The number of benzene rings is 1. The first-order valence-electron chi connectivity index (χ1n) is 9.97. The predicted octanol–water partition coefficient (Wildman–Crippen LogP) is 3.56. The molecule has 1 saturated heterocycles. The average molecular weight is 435 g/mol. The Bertz CT molecular complexity index is 1350. The van der Waals surface area contributed by atoms with Gasteiger partial charge in [-0.1, -0.05) is 12.1 Å². The van der Waals surface area contributed by atoms with Gasteiger partial charge in [0.25, 0.3) is 0 Å². The van der Waals surface area contributed by atoms with Gasteiger partial charge in [-0.05, 0) is 41.5 Å². The molecule has 9 heteroatoms. The zero-order valence-corrected chi connectivity index (χ0v) is 17.9. The summed E-state index contributed by atoms with van der Waals surface area (Å²) in [6.07, 6.45) is 4.89. The summed E-state index contributed by atoms with van der Waals surface area (Å²) in [5, 5.41) is 7.98. The maximum absolute atomic E-state index is 12.4. The van der Waals surface area contributed by atoms with Crippen molar-refractivity contribution in [3.63, 3.8) is 0 Å². The number of fused-ring (bicyclic) bond motifs is 1. The molecule has 2 N–H and O–H groups in total. The number of ether oxygens (including phenoxy) is 1. The van der Waals surface area contributed by atoms with Crippen LogP contribution in [0.2, 0.25) is 0 Å². The van der Waals surface area contributed by atoms with Crippen LogP contribution in [0.3, 0.4) is 0 Å². The Balaban J connectivity index is 1.78. The fourth-order valence-corrected chi connectivity index (χ4v) is 4.51. The highest BCUT2D eigenvalue weighted by Crippen LogP contribution is 2.35. The van der Waals surface area contributed by atoms with E-state index in [0.717, 1.165) is 52.3 Å². The molecular formula is C22H22N6O2S. The number of rotatable bonds is 4. The third-order valence-electron chi connectivity index (χ3n) is 5.40. The van der Waals surface area contributed by atoms with Gasteiger partial charge in [0.2, 0.25) is 0 Å². The van der Waals surface area contributed by atoms with E-state index in [9.17, 15) is 4.21 Å². The largest absolute Gasteiger partial charge is 0.378 e. The van der Waals surface area contributed by atoms with Crippen LogP contribution in [-0.4, -0.2) is 56.9 Å². The molecule has 4 aromatic rings. The van der Waals surface area contributed by atoms with E-state index in [0.29, 0.717) is 18.1 Å². The topological polar surface area (TPSA) is 108 Å². The molecule has 4 heterocycles. The summed E-state index contributed by atoms with van der Waals surface area (Å²) in [6.45, 7) is 2.82. The second-order valence-corrected chi connectivity index (χ2v) is 9.68. The van der Waals surface area contributed by atoms with Crippen LogP contribution in [0.1, 0.15) is 0 Å². The van der Waals surface area contributed by atoms with Gasteiger partial charge in [-0.2, -0.15) is 5.10 Å². The summed E-state index contributed by atoms with van der Waals surface area (Å²) >= 11 is 0. The van der Waals surface area contributed by atoms with Gasteiger partial charge in [0.1, 0.15) is 17.0 Å². The van der Waals surface area contributed by atoms with E-state index >= 15 is 0 Å². The van der Waals surface area contributed by atoms with E-state index in [1.165, 1.54) is 6.26 Å². The first kappa shape index (κ1) is 19.7. The number of H-pyrrole nitrogens is 1. The molecule has 0 amide bonds. The fourth-order valence-electron chi connectivity index (χ4n) is 3.82. The summed E-state index contributed by atoms with van der Waals surface area (Å²) in [7, 11) is -2.83. The van der Waals surface area contributed by atoms with E-state index in [-0.39, 0.29) is 0 Å². The number of pyridine rings is 2. The normalized spacial score (nSPS) is 16.4. The number of aromatic amines is 1. The molecule has 1 unspecified atom stereocenters.